The molecular weight excluding hydrogens is 222 g/mol. The van der Waals surface area contributed by atoms with E-state index in [1.807, 2.05) is 13.8 Å². The lowest BCUT2D eigenvalue weighted by Crippen LogP contribution is -2.46. The lowest BCUT2D eigenvalue weighted by atomic mass is 9.78. The molecule has 5 nitrogen and oxygen atoms in total. The smallest absolute Gasteiger partial charge is 0.354 e. The van der Waals surface area contributed by atoms with Gasteiger partial charge in [0.2, 0.25) is 0 Å². The molecule has 0 amide bonds. The Bertz CT molecular complexity index is 350. The van der Waals surface area contributed by atoms with Gasteiger partial charge >= 0.3 is 5.97 Å². The van der Waals surface area contributed by atoms with Crippen LogP contribution < -0.4 is 0 Å². The first-order valence-electron chi connectivity index (χ1n) is 6.03. The quantitative estimate of drug-likeness (QED) is 0.798. The number of hydrogen-bond acceptors (Lipinski definition) is 4. The summed E-state index contributed by atoms with van der Waals surface area (Å²) in [4.78, 5) is 16.4. The Hall–Kier alpha value is -1.10. The lowest BCUT2D eigenvalue weighted by molar-refractivity contribution is -0.130. The molecule has 0 unspecified atom stereocenters. The normalized spacial score (nSPS) is 36.2. The van der Waals surface area contributed by atoms with Gasteiger partial charge in [0.25, 0.3) is 0 Å². The fourth-order valence-corrected chi connectivity index (χ4v) is 2.64. The molecule has 2 rings (SSSR count). The summed E-state index contributed by atoms with van der Waals surface area (Å²) in [7, 11) is 0. The van der Waals surface area contributed by atoms with E-state index >= 15 is 0 Å². The average Bonchev–Trinajstić information content (AvgIpc) is 2.54. The molecule has 2 aliphatic heterocycles. The lowest BCUT2D eigenvalue weighted by Gasteiger charge is -2.36. The fourth-order valence-electron chi connectivity index (χ4n) is 2.64. The number of oxime groups is 1. The third kappa shape index (κ3) is 2.29. The highest BCUT2D eigenvalue weighted by molar-refractivity contribution is 6.37. The van der Waals surface area contributed by atoms with Crippen LogP contribution in [0.1, 0.15) is 33.6 Å². The van der Waals surface area contributed by atoms with E-state index < -0.39 is 11.6 Å². The minimum atomic E-state index is -1.01. The first kappa shape index (κ1) is 12.4. The highest BCUT2D eigenvalue weighted by Crippen LogP contribution is 2.37. The van der Waals surface area contributed by atoms with Crippen molar-refractivity contribution in [3.05, 3.63) is 0 Å². The van der Waals surface area contributed by atoms with Gasteiger partial charge in [-0.3, -0.25) is 0 Å². The van der Waals surface area contributed by atoms with E-state index in [-0.39, 0.29) is 17.7 Å². The summed E-state index contributed by atoms with van der Waals surface area (Å²) in [6.45, 7) is 6.57. The number of nitrogens with zero attached hydrogens (tertiary/aromatic N) is 1. The van der Waals surface area contributed by atoms with Gasteiger partial charge in [0.05, 0.1) is 12.0 Å². The Morgan fingerprint density at radius 1 is 1.53 bits per heavy atom. The van der Waals surface area contributed by atoms with Gasteiger partial charge in [-0.15, -0.1) is 0 Å². The summed E-state index contributed by atoms with van der Waals surface area (Å²) in [6, 6.07) is 0. The van der Waals surface area contributed by atoms with E-state index in [4.69, 9.17) is 14.7 Å². The first-order valence-corrected chi connectivity index (χ1v) is 6.03. The summed E-state index contributed by atoms with van der Waals surface area (Å²) in [5, 5.41) is 12.9. The van der Waals surface area contributed by atoms with Gasteiger partial charge in [0, 0.05) is 6.61 Å². The molecule has 2 aliphatic rings. The first-order chi connectivity index (χ1) is 7.92. The molecule has 96 valence electrons. The molecule has 2 heterocycles. The minimum absolute atomic E-state index is 0.0918. The van der Waals surface area contributed by atoms with E-state index in [0.717, 1.165) is 12.8 Å². The van der Waals surface area contributed by atoms with E-state index in [1.54, 1.807) is 0 Å². The number of hydrogen-bond donors (Lipinski definition) is 1. The van der Waals surface area contributed by atoms with Gasteiger partial charge in [-0.2, -0.15) is 0 Å². The Balaban J connectivity index is 2.20. The van der Waals surface area contributed by atoms with Crippen LogP contribution in [0.5, 0.6) is 0 Å². The molecule has 3 atom stereocenters. The number of rotatable bonds is 2. The van der Waals surface area contributed by atoms with Gasteiger partial charge in [-0.25, -0.2) is 4.79 Å². The summed E-state index contributed by atoms with van der Waals surface area (Å²) >= 11 is 0. The van der Waals surface area contributed by atoms with Crippen LogP contribution in [0.15, 0.2) is 5.16 Å². The van der Waals surface area contributed by atoms with Crippen molar-refractivity contribution in [2.24, 2.45) is 17.0 Å². The van der Waals surface area contributed by atoms with Crippen molar-refractivity contribution in [1.82, 2.24) is 0 Å². The Labute approximate surface area is 101 Å². The van der Waals surface area contributed by atoms with E-state index in [1.165, 1.54) is 0 Å². The molecule has 0 bridgehead atoms. The van der Waals surface area contributed by atoms with Crippen LogP contribution in [0.4, 0.5) is 0 Å². The maximum absolute atomic E-state index is 11.2. The largest absolute Gasteiger partial charge is 0.477 e. The molecule has 0 aromatic rings. The maximum Gasteiger partial charge on any atom is 0.354 e. The zero-order valence-corrected chi connectivity index (χ0v) is 10.5. The van der Waals surface area contributed by atoms with Crippen LogP contribution >= 0.6 is 0 Å². The zero-order chi connectivity index (χ0) is 12.6. The van der Waals surface area contributed by atoms with Crippen LogP contribution in [0.3, 0.4) is 0 Å². The van der Waals surface area contributed by atoms with Crippen LogP contribution in [0.2, 0.25) is 0 Å². The number of carbonyl (C=O) groups is 1. The van der Waals surface area contributed by atoms with Gasteiger partial charge in [-0.1, -0.05) is 12.1 Å². The molecule has 0 saturated carbocycles. The molecule has 1 fully saturated rings. The number of carboxylic acids is 1. The number of ether oxygens (including phenoxy) is 1. The fraction of sp³-hybridized carbons (Fsp3) is 0.833. The van der Waals surface area contributed by atoms with Crippen LogP contribution in [-0.2, 0) is 14.4 Å². The van der Waals surface area contributed by atoms with Gasteiger partial charge in [0.15, 0.2) is 5.71 Å². The number of carboxylic acid groups (broad SMARTS) is 1. The van der Waals surface area contributed by atoms with Gasteiger partial charge in [0.1, 0.15) is 5.60 Å². The SMILES string of the molecule is C[C@H]1CCO[C@@H]([C@@H]2C(C(=O)O)=NOC2(C)C)C1. The average molecular weight is 241 g/mol. The maximum atomic E-state index is 11.2. The van der Waals surface area contributed by atoms with Crippen molar-refractivity contribution in [3.8, 4) is 0 Å². The van der Waals surface area contributed by atoms with E-state index in [2.05, 4.69) is 12.1 Å². The Morgan fingerprint density at radius 3 is 2.82 bits per heavy atom. The molecular formula is C12H19NO4. The Morgan fingerprint density at radius 2 is 2.24 bits per heavy atom. The molecule has 0 aromatic heterocycles. The summed E-state index contributed by atoms with van der Waals surface area (Å²) < 4.78 is 5.72. The second-order valence-corrected chi connectivity index (χ2v) is 5.49. The zero-order valence-electron chi connectivity index (χ0n) is 10.5. The third-order valence-corrected chi connectivity index (χ3v) is 3.59. The molecule has 0 aliphatic carbocycles. The molecule has 17 heavy (non-hydrogen) atoms. The van der Waals surface area contributed by atoms with Crippen molar-refractivity contribution in [2.75, 3.05) is 6.61 Å². The highest BCUT2D eigenvalue weighted by Gasteiger charge is 2.50. The van der Waals surface area contributed by atoms with Crippen molar-refractivity contribution in [1.29, 1.82) is 0 Å². The standard InChI is InChI=1S/C12H19NO4/c1-7-4-5-16-8(6-7)9-10(11(14)15)13-17-12(9,2)3/h7-9H,4-6H2,1-3H3,(H,14,15)/t7-,8+,9+/m0/s1. The second kappa shape index (κ2) is 4.29. The van der Waals surface area contributed by atoms with E-state index in [9.17, 15) is 4.79 Å². The number of aliphatic carboxylic acids is 1. The minimum Gasteiger partial charge on any atom is -0.477 e. The molecule has 0 radical (unpaired) electrons. The summed E-state index contributed by atoms with van der Waals surface area (Å²) in [5.74, 6) is -0.745. The Kier molecular flexibility index (Phi) is 3.12. The second-order valence-electron chi connectivity index (χ2n) is 5.49. The molecule has 1 saturated heterocycles. The molecule has 0 aromatic carbocycles. The van der Waals surface area contributed by atoms with Crippen molar-refractivity contribution < 1.29 is 19.5 Å². The van der Waals surface area contributed by atoms with Crippen molar-refractivity contribution in [2.45, 2.75) is 45.3 Å². The van der Waals surface area contributed by atoms with Crippen LogP contribution in [-0.4, -0.2) is 35.1 Å². The van der Waals surface area contributed by atoms with Crippen molar-refractivity contribution >= 4 is 11.7 Å². The summed E-state index contributed by atoms with van der Waals surface area (Å²) in [6.07, 6.45) is 1.79. The predicted octanol–water partition coefficient (Wildman–Crippen LogP) is 1.67. The third-order valence-electron chi connectivity index (χ3n) is 3.59. The van der Waals surface area contributed by atoms with Gasteiger partial charge < -0.3 is 14.7 Å². The predicted molar refractivity (Wildman–Crippen MR) is 61.9 cm³/mol. The molecule has 0 spiro atoms. The summed E-state index contributed by atoms with van der Waals surface area (Å²) in [5.41, 5.74) is -0.510. The van der Waals surface area contributed by atoms with Crippen LogP contribution in [0.25, 0.3) is 0 Å². The van der Waals surface area contributed by atoms with Gasteiger partial charge in [-0.05, 0) is 32.6 Å². The van der Waals surface area contributed by atoms with Crippen LogP contribution in [0, 0.1) is 11.8 Å². The molecule has 1 N–H and O–H groups in total. The highest BCUT2D eigenvalue weighted by atomic mass is 16.7. The molecule has 5 heteroatoms. The topological polar surface area (TPSA) is 68.1 Å². The van der Waals surface area contributed by atoms with E-state index in [0.29, 0.717) is 12.5 Å². The van der Waals surface area contributed by atoms with Crippen molar-refractivity contribution in [3.63, 3.8) is 0 Å². The monoisotopic (exact) mass is 241 g/mol.